The Bertz CT molecular complexity index is 631. The Kier molecular flexibility index (Phi) is 7.80. The van der Waals surface area contributed by atoms with Gasteiger partial charge in [0.15, 0.2) is 0 Å². The number of piperidine rings is 2. The molecule has 2 amide bonds. The van der Waals surface area contributed by atoms with E-state index in [0.29, 0.717) is 19.0 Å². The molecule has 1 atom stereocenters. The summed E-state index contributed by atoms with van der Waals surface area (Å²) >= 11 is 0. The first-order valence-electron chi connectivity index (χ1n) is 10.5. The highest BCUT2D eigenvalue weighted by Gasteiger charge is 2.31. The zero-order valence-electron chi connectivity index (χ0n) is 16.9. The summed E-state index contributed by atoms with van der Waals surface area (Å²) in [5, 5.41) is 5.74. The minimum atomic E-state index is 0.0729. The van der Waals surface area contributed by atoms with E-state index in [4.69, 9.17) is 0 Å². The molecule has 2 aliphatic heterocycles. The van der Waals surface area contributed by atoms with Crippen molar-refractivity contribution in [2.24, 2.45) is 5.92 Å². The molecular weight excluding hydrogens is 354 g/mol. The van der Waals surface area contributed by atoms with Crippen molar-refractivity contribution in [2.75, 3.05) is 39.8 Å². The van der Waals surface area contributed by atoms with E-state index in [1.54, 1.807) is 13.2 Å². The van der Waals surface area contributed by atoms with Crippen molar-refractivity contribution in [1.29, 1.82) is 0 Å². The average Bonchev–Trinajstić information content (AvgIpc) is 2.77. The maximum Gasteiger partial charge on any atom is 0.224 e. The van der Waals surface area contributed by atoms with Gasteiger partial charge in [0, 0.05) is 38.8 Å². The number of nitrogens with one attached hydrogen (secondary N) is 2. The minimum Gasteiger partial charge on any atom is -0.359 e. The molecule has 2 N–H and O–H groups in total. The van der Waals surface area contributed by atoms with Gasteiger partial charge in [-0.2, -0.15) is 0 Å². The van der Waals surface area contributed by atoms with Gasteiger partial charge >= 0.3 is 0 Å². The summed E-state index contributed by atoms with van der Waals surface area (Å²) in [5.41, 5.74) is 0.896. The van der Waals surface area contributed by atoms with E-state index in [2.05, 4.69) is 25.4 Å². The molecule has 28 heavy (non-hydrogen) atoms. The van der Waals surface area contributed by atoms with Crippen LogP contribution in [-0.4, -0.2) is 72.4 Å². The third-order valence-electron chi connectivity index (χ3n) is 6.00. The second-order valence-electron chi connectivity index (χ2n) is 7.87. The van der Waals surface area contributed by atoms with E-state index in [-0.39, 0.29) is 17.7 Å². The van der Waals surface area contributed by atoms with Crippen molar-refractivity contribution in [3.8, 4) is 0 Å². The van der Waals surface area contributed by atoms with Gasteiger partial charge in [0.05, 0.1) is 18.2 Å². The van der Waals surface area contributed by atoms with Crippen LogP contribution in [0.2, 0.25) is 0 Å². The Labute approximate surface area is 167 Å². The summed E-state index contributed by atoms with van der Waals surface area (Å²) in [5.74, 6) is 0.333. The number of nitrogens with zero attached hydrogens (tertiary/aromatic N) is 3. The van der Waals surface area contributed by atoms with Crippen LogP contribution in [-0.2, 0) is 16.1 Å². The lowest BCUT2D eigenvalue weighted by Gasteiger charge is -2.42. The van der Waals surface area contributed by atoms with E-state index < -0.39 is 0 Å². The lowest BCUT2D eigenvalue weighted by atomic mass is 9.93. The van der Waals surface area contributed by atoms with Gasteiger partial charge in [0.2, 0.25) is 11.8 Å². The zero-order chi connectivity index (χ0) is 19.8. The fourth-order valence-electron chi connectivity index (χ4n) is 4.27. The summed E-state index contributed by atoms with van der Waals surface area (Å²) in [6.07, 6.45) is 6.62. The summed E-state index contributed by atoms with van der Waals surface area (Å²) in [4.78, 5) is 33.2. The molecule has 1 aromatic rings. The number of hydrogen-bond acceptors (Lipinski definition) is 5. The van der Waals surface area contributed by atoms with Crippen LogP contribution in [0.1, 0.15) is 37.8 Å². The summed E-state index contributed by atoms with van der Waals surface area (Å²) in [7, 11) is 1.69. The number of pyridine rings is 1. The normalized spacial score (nSPS) is 22.0. The highest BCUT2D eigenvalue weighted by molar-refractivity contribution is 5.79. The van der Waals surface area contributed by atoms with Crippen molar-refractivity contribution >= 4 is 11.8 Å². The first-order chi connectivity index (χ1) is 13.7. The molecule has 0 bridgehead atoms. The van der Waals surface area contributed by atoms with Gasteiger partial charge in [-0.15, -0.1) is 0 Å². The zero-order valence-corrected chi connectivity index (χ0v) is 16.9. The third-order valence-corrected chi connectivity index (χ3v) is 6.00. The van der Waals surface area contributed by atoms with E-state index in [1.807, 2.05) is 18.2 Å². The minimum absolute atomic E-state index is 0.0729. The Hall–Kier alpha value is -1.99. The van der Waals surface area contributed by atoms with Gasteiger partial charge in [-0.1, -0.05) is 6.07 Å². The molecule has 0 unspecified atom stereocenters. The topological polar surface area (TPSA) is 77.6 Å². The monoisotopic (exact) mass is 387 g/mol. The van der Waals surface area contributed by atoms with Crippen LogP contribution in [0.3, 0.4) is 0 Å². The van der Waals surface area contributed by atoms with Crippen molar-refractivity contribution in [3.63, 3.8) is 0 Å². The molecule has 3 rings (SSSR count). The fraction of sp³-hybridized carbons (Fsp3) is 0.667. The molecule has 1 aromatic heterocycles. The highest BCUT2D eigenvalue weighted by Crippen LogP contribution is 2.24. The van der Waals surface area contributed by atoms with Crippen molar-refractivity contribution in [1.82, 2.24) is 25.4 Å². The molecule has 0 aromatic carbocycles. The lowest BCUT2D eigenvalue weighted by Crippen LogP contribution is -2.51. The molecule has 0 spiro atoms. The van der Waals surface area contributed by atoms with Crippen LogP contribution >= 0.6 is 0 Å². The summed E-state index contributed by atoms with van der Waals surface area (Å²) < 4.78 is 0. The third kappa shape index (κ3) is 6.01. The SMILES string of the molecule is CNC(=O)CCN1CCC(N2CCC[C@H](C(=O)NCc3ccccn3)C2)CC1. The predicted molar refractivity (Wildman–Crippen MR) is 109 cm³/mol. The Balaban J connectivity index is 1.41. The average molecular weight is 388 g/mol. The van der Waals surface area contributed by atoms with Crippen LogP contribution in [0.25, 0.3) is 0 Å². The molecule has 2 saturated heterocycles. The first-order valence-corrected chi connectivity index (χ1v) is 10.5. The largest absolute Gasteiger partial charge is 0.359 e. The Morgan fingerprint density at radius 3 is 2.71 bits per heavy atom. The van der Waals surface area contributed by atoms with Gasteiger partial charge in [-0.3, -0.25) is 19.5 Å². The number of hydrogen-bond donors (Lipinski definition) is 2. The number of rotatable bonds is 7. The maximum atomic E-state index is 12.6. The van der Waals surface area contributed by atoms with Crippen molar-refractivity contribution in [2.45, 2.75) is 44.7 Å². The highest BCUT2D eigenvalue weighted by atomic mass is 16.2. The van der Waals surface area contributed by atoms with Crippen LogP contribution < -0.4 is 10.6 Å². The molecule has 0 saturated carbocycles. The second-order valence-corrected chi connectivity index (χ2v) is 7.87. The molecule has 0 aliphatic carbocycles. The van der Waals surface area contributed by atoms with Crippen molar-refractivity contribution in [3.05, 3.63) is 30.1 Å². The Morgan fingerprint density at radius 1 is 1.18 bits per heavy atom. The van der Waals surface area contributed by atoms with E-state index in [0.717, 1.165) is 64.1 Å². The molecule has 3 heterocycles. The number of carbonyl (C=O) groups excluding carboxylic acids is 2. The van der Waals surface area contributed by atoms with Crippen LogP contribution in [0.4, 0.5) is 0 Å². The second kappa shape index (κ2) is 10.5. The van der Waals surface area contributed by atoms with Gasteiger partial charge in [-0.25, -0.2) is 0 Å². The van der Waals surface area contributed by atoms with Gasteiger partial charge in [-0.05, 0) is 57.5 Å². The quantitative estimate of drug-likeness (QED) is 0.730. The molecular formula is C21H33N5O2. The van der Waals surface area contributed by atoms with Crippen LogP contribution in [0.5, 0.6) is 0 Å². The van der Waals surface area contributed by atoms with Gasteiger partial charge in [0.1, 0.15) is 0 Å². The number of likely N-dealkylation sites (tertiary alicyclic amines) is 2. The van der Waals surface area contributed by atoms with Crippen LogP contribution in [0.15, 0.2) is 24.4 Å². The van der Waals surface area contributed by atoms with E-state index in [9.17, 15) is 9.59 Å². The van der Waals surface area contributed by atoms with Gasteiger partial charge < -0.3 is 15.5 Å². The summed E-state index contributed by atoms with van der Waals surface area (Å²) in [6.45, 7) is 5.36. The summed E-state index contributed by atoms with van der Waals surface area (Å²) in [6, 6.07) is 6.32. The lowest BCUT2D eigenvalue weighted by molar-refractivity contribution is -0.127. The number of aromatic nitrogens is 1. The van der Waals surface area contributed by atoms with E-state index in [1.165, 1.54) is 0 Å². The molecule has 7 nitrogen and oxygen atoms in total. The smallest absolute Gasteiger partial charge is 0.224 e. The van der Waals surface area contributed by atoms with Crippen molar-refractivity contribution < 1.29 is 9.59 Å². The maximum absolute atomic E-state index is 12.6. The fourth-order valence-corrected chi connectivity index (χ4v) is 4.27. The standard InChI is InChI=1S/C21H33N5O2/c1-22-20(27)9-14-25-12-7-19(8-13-25)26-11-4-5-17(16-26)21(28)24-15-18-6-2-3-10-23-18/h2-3,6,10,17,19H,4-5,7-9,11-16H2,1H3,(H,22,27)(H,24,28)/t17-/m0/s1. The molecule has 7 heteroatoms. The van der Waals surface area contributed by atoms with Crippen LogP contribution in [0, 0.1) is 5.92 Å². The molecule has 154 valence electrons. The predicted octanol–water partition coefficient (Wildman–Crippen LogP) is 1.01. The number of amides is 2. The molecule has 2 fully saturated rings. The van der Waals surface area contributed by atoms with Gasteiger partial charge in [0.25, 0.3) is 0 Å². The first kappa shape index (κ1) is 20.7. The van der Waals surface area contributed by atoms with E-state index >= 15 is 0 Å². The molecule has 0 radical (unpaired) electrons. The molecule has 2 aliphatic rings. The number of carbonyl (C=O) groups is 2. The Morgan fingerprint density at radius 2 is 2.00 bits per heavy atom.